The Morgan fingerprint density at radius 1 is 1.07 bits per heavy atom. The second kappa shape index (κ2) is 11.1. The Balaban J connectivity index is 2.46. The van der Waals surface area contributed by atoms with Crippen LogP contribution in [-0.2, 0) is 32.1 Å². The maximum Gasteiger partial charge on any atom is 0.345 e. The van der Waals surface area contributed by atoms with Crippen LogP contribution in [0.1, 0.15) is 16.7 Å². The molecule has 0 bridgehead atoms. The Morgan fingerprint density at radius 3 is 2.33 bits per heavy atom. The highest BCUT2D eigenvalue weighted by atomic mass is 35.5. The number of carbonyl (C=O) groups excluding carboxylic acids is 2. The van der Waals surface area contributed by atoms with E-state index in [1.54, 1.807) is 24.3 Å². The van der Waals surface area contributed by atoms with Crippen LogP contribution in [-0.4, -0.2) is 33.3 Å². The van der Waals surface area contributed by atoms with E-state index in [4.69, 9.17) is 21.1 Å². The smallest absolute Gasteiger partial charge is 0.345 e. The molecule has 2 aromatic carbocycles. The zero-order valence-corrected chi connectivity index (χ0v) is 17.8. The summed E-state index contributed by atoms with van der Waals surface area (Å²) in [6, 6.07) is 10.8. The van der Waals surface area contributed by atoms with Gasteiger partial charge in [-0.25, -0.2) is 9.59 Å². The minimum Gasteiger partial charge on any atom is -0.493 e. The van der Waals surface area contributed by atoms with Gasteiger partial charge in [-0.2, -0.15) is 0 Å². The predicted molar refractivity (Wildman–Crippen MR) is 115 cm³/mol. The van der Waals surface area contributed by atoms with E-state index < -0.39 is 11.9 Å². The summed E-state index contributed by atoms with van der Waals surface area (Å²) in [5.41, 5.74) is 1.98. The molecular formula is C23H23ClO6. The van der Waals surface area contributed by atoms with E-state index in [0.717, 1.165) is 11.1 Å². The fourth-order valence-electron chi connectivity index (χ4n) is 2.76. The van der Waals surface area contributed by atoms with Crippen LogP contribution in [0, 0.1) is 0 Å². The second-order valence-corrected chi connectivity index (χ2v) is 6.60. The fraction of sp³-hybridized carbons (Fsp3) is 0.217. The zero-order valence-electron chi connectivity index (χ0n) is 17.1. The molecule has 0 aliphatic rings. The highest BCUT2D eigenvalue weighted by molar-refractivity contribution is 6.30. The van der Waals surface area contributed by atoms with Crippen molar-refractivity contribution in [2.24, 2.45) is 0 Å². The zero-order chi connectivity index (χ0) is 22.1. The standard InChI is InChI=1S/C23H23ClO6/c1-5-7-17-10-16(12-19(22(25)28-3)23(26)29-4)13-20(27-2)21(17)30-14-15-8-6-9-18(24)11-15/h5-6,8-13H,1,7,14H2,2-4H3. The van der Waals surface area contributed by atoms with Crippen molar-refractivity contribution in [2.75, 3.05) is 21.3 Å². The van der Waals surface area contributed by atoms with Gasteiger partial charge in [0.1, 0.15) is 12.2 Å². The second-order valence-electron chi connectivity index (χ2n) is 6.16. The van der Waals surface area contributed by atoms with Gasteiger partial charge in [-0.3, -0.25) is 0 Å². The van der Waals surface area contributed by atoms with Crippen LogP contribution >= 0.6 is 11.6 Å². The van der Waals surface area contributed by atoms with Crippen molar-refractivity contribution in [1.29, 1.82) is 0 Å². The fourth-order valence-corrected chi connectivity index (χ4v) is 2.97. The molecule has 0 atom stereocenters. The molecule has 2 rings (SSSR count). The Hall–Kier alpha value is -3.25. The molecule has 0 aliphatic heterocycles. The van der Waals surface area contributed by atoms with Gasteiger partial charge in [0.15, 0.2) is 11.5 Å². The van der Waals surface area contributed by atoms with E-state index in [1.807, 2.05) is 18.2 Å². The van der Waals surface area contributed by atoms with Crippen LogP contribution in [0.2, 0.25) is 5.02 Å². The minimum atomic E-state index is -0.799. The molecule has 0 saturated heterocycles. The SMILES string of the molecule is C=CCc1cc(C=C(C(=O)OC)C(=O)OC)cc(OC)c1OCc1cccc(Cl)c1. The van der Waals surface area contributed by atoms with Crippen molar-refractivity contribution in [2.45, 2.75) is 13.0 Å². The molecule has 0 aromatic heterocycles. The number of benzene rings is 2. The third kappa shape index (κ3) is 5.87. The van der Waals surface area contributed by atoms with Crippen LogP contribution in [0.15, 0.2) is 54.6 Å². The van der Waals surface area contributed by atoms with Crippen molar-refractivity contribution < 1.29 is 28.5 Å². The van der Waals surface area contributed by atoms with Gasteiger partial charge in [0.05, 0.1) is 21.3 Å². The van der Waals surface area contributed by atoms with Gasteiger partial charge in [-0.1, -0.05) is 29.8 Å². The summed E-state index contributed by atoms with van der Waals surface area (Å²) in [6.45, 7) is 4.06. The van der Waals surface area contributed by atoms with Crippen LogP contribution in [0.3, 0.4) is 0 Å². The first-order valence-corrected chi connectivity index (χ1v) is 9.38. The molecule has 0 heterocycles. The Morgan fingerprint density at radius 2 is 1.77 bits per heavy atom. The monoisotopic (exact) mass is 430 g/mol. The average Bonchev–Trinajstić information content (AvgIpc) is 2.75. The Labute approximate surface area is 180 Å². The summed E-state index contributed by atoms with van der Waals surface area (Å²) in [5, 5.41) is 0.619. The van der Waals surface area contributed by atoms with Crippen LogP contribution in [0.5, 0.6) is 11.5 Å². The van der Waals surface area contributed by atoms with Gasteiger partial charge >= 0.3 is 11.9 Å². The van der Waals surface area contributed by atoms with Gasteiger partial charge in [0, 0.05) is 10.6 Å². The van der Waals surface area contributed by atoms with E-state index >= 15 is 0 Å². The van der Waals surface area contributed by atoms with E-state index in [9.17, 15) is 9.59 Å². The number of allylic oxidation sites excluding steroid dienone is 1. The van der Waals surface area contributed by atoms with Gasteiger partial charge in [-0.05, 0) is 47.9 Å². The number of carbonyl (C=O) groups is 2. The van der Waals surface area contributed by atoms with Crippen molar-refractivity contribution in [3.05, 3.63) is 76.3 Å². The highest BCUT2D eigenvalue weighted by Crippen LogP contribution is 2.35. The van der Waals surface area contributed by atoms with E-state index in [-0.39, 0.29) is 12.2 Å². The molecule has 7 heteroatoms. The molecule has 0 spiro atoms. The molecule has 6 nitrogen and oxygen atoms in total. The number of methoxy groups -OCH3 is 3. The Bertz CT molecular complexity index is 946. The van der Waals surface area contributed by atoms with Crippen LogP contribution < -0.4 is 9.47 Å². The topological polar surface area (TPSA) is 71.1 Å². The molecule has 0 radical (unpaired) electrons. The molecule has 0 amide bonds. The number of hydrogen-bond acceptors (Lipinski definition) is 6. The summed E-state index contributed by atoms with van der Waals surface area (Å²) in [5.74, 6) is -0.622. The summed E-state index contributed by atoms with van der Waals surface area (Å²) >= 11 is 6.03. The highest BCUT2D eigenvalue weighted by Gasteiger charge is 2.21. The maximum absolute atomic E-state index is 12.0. The molecule has 0 unspecified atom stereocenters. The first-order chi connectivity index (χ1) is 14.4. The maximum atomic E-state index is 12.0. The molecule has 158 valence electrons. The number of rotatable bonds is 9. The molecule has 2 aromatic rings. The predicted octanol–water partition coefficient (Wildman–Crippen LogP) is 4.39. The van der Waals surface area contributed by atoms with E-state index in [0.29, 0.717) is 28.5 Å². The third-order valence-electron chi connectivity index (χ3n) is 4.13. The Kier molecular flexibility index (Phi) is 8.50. The molecule has 0 N–H and O–H groups in total. The van der Waals surface area contributed by atoms with Gasteiger partial charge in [0.25, 0.3) is 0 Å². The van der Waals surface area contributed by atoms with Crippen molar-refractivity contribution in [1.82, 2.24) is 0 Å². The molecule has 30 heavy (non-hydrogen) atoms. The van der Waals surface area contributed by atoms with Gasteiger partial charge in [0.2, 0.25) is 0 Å². The molecule has 0 saturated carbocycles. The van der Waals surface area contributed by atoms with Crippen molar-refractivity contribution in [3.8, 4) is 11.5 Å². The lowest BCUT2D eigenvalue weighted by molar-refractivity contribution is -0.143. The minimum absolute atomic E-state index is 0.237. The van der Waals surface area contributed by atoms with E-state index in [2.05, 4.69) is 16.1 Å². The van der Waals surface area contributed by atoms with E-state index in [1.165, 1.54) is 27.4 Å². The van der Waals surface area contributed by atoms with Crippen LogP contribution in [0.4, 0.5) is 0 Å². The van der Waals surface area contributed by atoms with Crippen LogP contribution in [0.25, 0.3) is 6.08 Å². The van der Waals surface area contributed by atoms with Gasteiger partial charge in [-0.15, -0.1) is 6.58 Å². The third-order valence-corrected chi connectivity index (χ3v) is 4.37. The van der Waals surface area contributed by atoms with Gasteiger partial charge < -0.3 is 18.9 Å². The largest absolute Gasteiger partial charge is 0.493 e. The van der Waals surface area contributed by atoms with Crippen molar-refractivity contribution >= 4 is 29.6 Å². The molecular weight excluding hydrogens is 408 g/mol. The number of halogens is 1. The number of ether oxygens (including phenoxy) is 4. The number of hydrogen-bond donors (Lipinski definition) is 0. The number of esters is 2. The summed E-state index contributed by atoms with van der Waals surface area (Å²) in [6.07, 6.45) is 3.58. The summed E-state index contributed by atoms with van der Waals surface area (Å²) < 4.78 is 20.9. The lowest BCUT2D eigenvalue weighted by atomic mass is 10.0. The quantitative estimate of drug-likeness (QED) is 0.193. The van der Waals surface area contributed by atoms with Crippen molar-refractivity contribution in [3.63, 3.8) is 0 Å². The lowest BCUT2D eigenvalue weighted by Gasteiger charge is -2.16. The first-order valence-electron chi connectivity index (χ1n) is 9.00. The normalized spacial score (nSPS) is 10.0. The lowest BCUT2D eigenvalue weighted by Crippen LogP contribution is -2.15. The first kappa shape index (κ1) is 23.0. The average molecular weight is 431 g/mol. The summed E-state index contributed by atoms with van der Waals surface area (Å²) in [4.78, 5) is 23.9. The molecule has 0 aliphatic carbocycles. The molecule has 0 fully saturated rings. The summed E-state index contributed by atoms with van der Waals surface area (Å²) in [7, 11) is 3.89.